The number of carbonyl (C=O) groups excluding carboxylic acids is 2. The van der Waals surface area contributed by atoms with Crippen molar-refractivity contribution in [1.29, 1.82) is 0 Å². The Bertz CT molecular complexity index is 996. The molecular formula is C19H32N5O10P. The number of ether oxygens (including phenoxy) is 5. The fourth-order valence-corrected chi connectivity index (χ4v) is 3.66. The molecule has 198 valence electrons. The highest BCUT2D eigenvalue weighted by Crippen LogP contribution is 2.48. The van der Waals surface area contributed by atoms with Crippen molar-refractivity contribution in [2.45, 2.75) is 59.5 Å². The van der Waals surface area contributed by atoms with E-state index < -0.39 is 58.2 Å². The summed E-state index contributed by atoms with van der Waals surface area (Å²) < 4.78 is 49.8. The maximum atomic E-state index is 13.1. The van der Waals surface area contributed by atoms with E-state index in [0.717, 1.165) is 0 Å². The molecule has 0 bridgehead atoms. The number of fused-ring (bicyclic) bond motifs is 1. The Hall–Kier alpha value is -2.87. The minimum absolute atomic E-state index is 0.299. The van der Waals surface area contributed by atoms with E-state index in [1.54, 1.807) is 45.5 Å². The molecule has 0 amide bonds. The van der Waals surface area contributed by atoms with Gasteiger partial charge in [0.25, 0.3) is 0 Å². The van der Waals surface area contributed by atoms with E-state index in [9.17, 15) is 14.2 Å². The molecule has 3 N–H and O–H groups in total. The van der Waals surface area contributed by atoms with Crippen molar-refractivity contribution in [1.82, 2.24) is 14.9 Å². The zero-order valence-electron chi connectivity index (χ0n) is 20.3. The quantitative estimate of drug-likeness (QED) is 0.210. The molecule has 1 aromatic heterocycles. The number of hydrogen-bond acceptors (Lipinski definition) is 14. The summed E-state index contributed by atoms with van der Waals surface area (Å²) in [5, 5.41) is 3.41. The smallest absolute Gasteiger partial charge is 0.432 e. The standard InChI is InChI=1S/C19H32N5O10P/c1-12(2)33-18(25)28-9-31-35(27,32-10-29-19(26)34-13(3)4)11-30-14(5)6-24-8-23-15-16(20)21-7-22-17(15)24/h8,12-14,21H,6-7,9-11,20H2,1-5H3/t14-/m0/s1. The SMILES string of the molecule is CC(C)OC(=O)OCOP(=O)(CO[C@@H](C)Cn1cnc2c1=NCNC=2N)OCOC(=O)OC(C)C. The van der Waals surface area contributed by atoms with E-state index in [1.165, 1.54) is 0 Å². The van der Waals surface area contributed by atoms with Crippen LogP contribution in [-0.4, -0.2) is 66.8 Å². The first kappa shape index (κ1) is 28.4. The Labute approximate surface area is 202 Å². The van der Waals surface area contributed by atoms with Gasteiger partial charge in [-0.3, -0.25) is 13.6 Å². The van der Waals surface area contributed by atoms with Crippen LogP contribution >= 0.6 is 7.60 Å². The van der Waals surface area contributed by atoms with E-state index in [0.29, 0.717) is 29.9 Å². The van der Waals surface area contributed by atoms with Crippen molar-refractivity contribution < 1.29 is 46.9 Å². The summed E-state index contributed by atoms with van der Waals surface area (Å²) in [5.74, 6) is 0.417. The van der Waals surface area contributed by atoms with E-state index in [1.807, 2.05) is 0 Å². The number of rotatable bonds is 13. The van der Waals surface area contributed by atoms with Crippen LogP contribution < -0.4 is 21.9 Å². The molecule has 0 spiro atoms. The van der Waals surface area contributed by atoms with Crippen LogP contribution in [-0.2, 0) is 43.8 Å². The molecule has 0 radical (unpaired) electrons. The van der Waals surface area contributed by atoms with Crippen LogP contribution in [0.25, 0.3) is 5.82 Å². The normalized spacial score (nSPS) is 14.1. The second kappa shape index (κ2) is 13.3. The summed E-state index contributed by atoms with van der Waals surface area (Å²) in [6, 6.07) is 0. The fourth-order valence-electron chi connectivity index (χ4n) is 2.57. The molecule has 0 saturated carbocycles. The summed E-state index contributed by atoms with van der Waals surface area (Å²) in [5.41, 5.74) is 6.46. The number of aromatic nitrogens is 2. The van der Waals surface area contributed by atoms with Gasteiger partial charge in [0.15, 0.2) is 5.49 Å². The fraction of sp³-hybridized carbons (Fsp3) is 0.684. The molecule has 0 aromatic carbocycles. The number of nitrogens with zero attached hydrogens (tertiary/aromatic N) is 3. The van der Waals surface area contributed by atoms with Crippen LogP contribution in [0.1, 0.15) is 34.6 Å². The molecule has 0 saturated heterocycles. The molecule has 2 rings (SSSR count). The van der Waals surface area contributed by atoms with Gasteiger partial charge in [-0.05, 0) is 34.6 Å². The highest BCUT2D eigenvalue weighted by atomic mass is 31.2. The van der Waals surface area contributed by atoms with Crippen molar-refractivity contribution >= 4 is 25.7 Å². The van der Waals surface area contributed by atoms with Gasteiger partial charge in [-0.15, -0.1) is 0 Å². The Morgan fingerprint density at radius 2 is 1.66 bits per heavy atom. The average Bonchev–Trinajstić information content (AvgIpc) is 3.15. The zero-order valence-corrected chi connectivity index (χ0v) is 21.2. The van der Waals surface area contributed by atoms with Gasteiger partial charge < -0.3 is 39.3 Å². The summed E-state index contributed by atoms with van der Waals surface area (Å²) in [4.78, 5) is 31.6. The van der Waals surface area contributed by atoms with Crippen molar-refractivity contribution in [3.8, 4) is 0 Å². The molecule has 16 heteroatoms. The summed E-state index contributed by atoms with van der Waals surface area (Å²) in [6.07, 6.45) is -2.35. The van der Waals surface area contributed by atoms with Gasteiger partial charge in [0.2, 0.25) is 13.6 Å². The summed E-state index contributed by atoms with van der Waals surface area (Å²) >= 11 is 0. The van der Waals surface area contributed by atoms with Crippen molar-refractivity contribution in [2.75, 3.05) is 26.6 Å². The minimum atomic E-state index is -4.05. The molecule has 2 heterocycles. The minimum Gasteiger partial charge on any atom is -0.432 e. The number of imidazole rings is 1. The monoisotopic (exact) mass is 521 g/mol. The van der Waals surface area contributed by atoms with Crippen LogP contribution in [0.3, 0.4) is 0 Å². The predicted octanol–water partition coefficient (Wildman–Crippen LogP) is 0.715. The average molecular weight is 521 g/mol. The van der Waals surface area contributed by atoms with Gasteiger partial charge in [-0.1, -0.05) is 0 Å². The van der Waals surface area contributed by atoms with Gasteiger partial charge in [-0.2, -0.15) is 0 Å². The van der Waals surface area contributed by atoms with Gasteiger partial charge in [0.1, 0.15) is 24.2 Å². The number of carbonyl (C=O) groups is 2. The molecule has 1 aliphatic rings. The first-order valence-corrected chi connectivity index (χ1v) is 12.5. The Kier molecular flexibility index (Phi) is 10.8. The van der Waals surface area contributed by atoms with Gasteiger partial charge in [0, 0.05) is 0 Å². The molecule has 0 unspecified atom stereocenters. The molecule has 15 nitrogen and oxygen atoms in total. The third-order valence-corrected chi connectivity index (χ3v) is 5.51. The van der Waals surface area contributed by atoms with Crippen LogP contribution in [0.5, 0.6) is 0 Å². The number of nitrogens with one attached hydrogen (secondary N) is 1. The maximum absolute atomic E-state index is 13.1. The molecular weight excluding hydrogens is 489 g/mol. The highest BCUT2D eigenvalue weighted by Gasteiger charge is 2.29. The lowest BCUT2D eigenvalue weighted by molar-refractivity contribution is -0.0369. The predicted molar refractivity (Wildman–Crippen MR) is 119 cm³/mol. The molecule has 35 heavy (non-hydrogen) atoms. The second-order valence-electron chi connectivity index (χ2n) is 7.81. The molecule has 1 aromatic rings. The van der Waals surface area contributed by atoms with Gasteiger partial charge in [-0.25, -0.2) is 19.6 Å². The second-order valence-corrected chi connectivity index (χ2v) is 9.81. The van der Waals surface area contributed by atoms with Gasteiger partial charge in [0.05, 0.1) is 31.2 Å². The Balaban J connectivity index is 1.95. The largest absolute Gasteiger partial charge is 0.510 e. The lowest BCUT2D eigenvalue weighted by atomic mass is 10.4. The van der Waals surface area contributed by atoms with Crippen molar-refractivity contribution in [3.05, 3.63) is 17.2 Å². The Morgan fingerprint density at radius 3 is 2.20 bits per heavy atom. The van der Waals surface area contributed by atoms with E-state index in [-0.39, 0.29) is 0 Å². The van der Waals surface area contributed by atoms with Crippen molar-refractivity contribution in [3.63, 3.8) is 0 Å². The molecule has 0 aliphatic carbocycles. The van der Waals surface area contributed by atoms with Crippen molar-refractivity contribution in [2.24, 2.45) is 10.7 Å². The first-order valence-electron chi connectivity index (χ1n) is 10.7. The topological polar surface area (TPSA) is 184 Å². The first-order chi connectivity index (χ1) is 16.5. The number of hydrogen-bond donors (Lipinski definition) is 2. The maximum Gasteiger partial charge on any atom is 0.510 e. The van der Waals surface area contributed by atoms with E-state index in [2.05, 4.69) is 15.3 Å². The molecule has 1 atom stereocenters. The van der Waals surface area contributed by atoms with Crippen LogP contribution in [0, 0.1) is 0 Å². The zero-order chi connectivity index (χ0) is 26.0. The third kappa shape index (κ3) is 9.72. The van der Waals surface area contributed by atoms with Crippen LogP contribution in [0.15, 0.2) is 11.3 Å². The third-order valence-electron chi connectivity index (χ3n) is 4.05. The summed E-state index contributed by atoms with van der Waals surface area (Å²) in [6.45, 7) is 7.37. The van der Waals surface area contributed by atoms with E-state index >= 15 is 0 Å². The van der Waals surface area contributed by atoms with Crippen LogP contribution in [0.4, 0.5) is 9.59 Å². The molecule has 1 aliphatic heterocycles. The summed E-state index contributed by atoms with van der Waals surface area (Å²) in [7, 11) is -4.05. The van der Waals surface area contributed by atoms with Gasteiger partial charge >= 0.3 is 19.9 Å². The van der Waals surface area contributed by atoms with Crippen LogP contribution in [0.2, 0.25) is 0 Å². The lowest BCUT2D eigenvalue weighted by Crippen LogP contribution is -2.44. The lowest BCUT2D eigenvalue weighted by Gasteiger charge is -2.21. The number of nitrogens with two attached hydrogens (primary N) is 1. The highest BCUT2D eigenvalue weighted by molar-refractivity contribution is 7.53. The van der Waals surface area contributed by atoms with E-state index in [4.69, 9.17) is 38.5 Å². The Morgan fingerprint density at radius 1 is 1.09 bits per heavy atom. The molecule has 0 fully saturated rings.